The highest BCUT2D eigenvalue weighted by molar-refractivity contribution is 5.69. The van der Waals surface area contributed by atoms with Crippen LogP contribution in [0.25, 0.3) is 0 Å². The third-order valence-corrected chi connectivity index (χ3v) is 7.59. The summed E-state index contributed by atoms with van der Waals surface area (Å²) in [5.74, 6) is 1.96. The van der Waals surface area contributed by atoms with Gasteiger partial charge in [0.1, 0.15) is 0 Å². The number of rotatable bonds is 3. The van der Waals surface area contributed by atoms with Gasteiger partial charge in [-0.15, -0.1) is 0 Å². The number of nitrogens with two attached hydrogens (primary N) is 2. The van der Waals surface area contributed by atoms with E-state index in [1.807, 2.05) is 0 Å². The summed E-state index contributed by atoms with van der Waals surface area (Å²) in [6.45, 7) is 0. The predicted octanol–water partition coefficient (Wildman–Crippen LogP) is 6.99. The first kappa shape index (κ1) is 18.2. The maximum absolute atomic E-state index is 6.97. The minimum absolute atomic E-state index is 0.647. The first-order chi connectivity index (χ1) is 12.8. The minimum Gasteiger partial charge on any atom is -0.398 e. The monoisotopic (exact) mass is 354 g/mol. The zero-order chi connectivity index (χ0) is 17.9. The van der Waals surface area contributed by atoms with Crippen LogP contribution in [0.1, 0.15) is 131 Å². The molecular formula is C24H38N2. The molecule has 4 N–H and O–H groups in total. The molecule has 0 heterocycles. The molecule has 3 aliphatic carbocycles. The summed E-state index contributed by atoms with van der Waals surface area (Å²) in [5, 5.41) is 0. The van der Waals surface area contributed by atoms with E-state index >= 15 is 0 Å². The van der Waals surface area contributed by atoms with Crippen molar-refractivity contribution in [3.05, 3.63) is 22.8 Å². The molecule has 3 saturated carbocycles. The van der Waals surface area contributed by atoms with Gasteiger partial charge < -0.3 is 11.5 Å². The Morgan fingerprint density at radius 3 is 1.46 bits per heavy atom. The van der Waals surface area contributed by atoms with Gasteiger partial charge in [-0.3, -0.25) is 0 Å². The third-order valence-electron chi connectivity index (χ3n) is 7.59. The van der Waals surface area contributed by atoms with Crippen molar-refractivity contribution in [3.63, 3.8) is 0 Å². The lowest BCUT2D eigenvalue weighted by Gasteiger charge is -2.34. The molecule has 0 aliphatic heterocycles. The van der Waals surface area contributed by atoms with E-state index < -0.39 is 0 Å². The van der Waals surface area contributed by atoms with Crippen molar-refractivity contribution in [2.75, 3.05) is 11.5 Å². The average molecular weight is 355 g/mol. The fourth-order valence-corrected chi connectivity index (χ4v) is 6.21. The molecule has 0 aromatic heterocycles. The van der Waals surface area contributed by atoms with Crippen molar-refractivity contribution in [1.29, 1.82) is 0 Å². The Kier molecular flexibility index (Phi) is 5.76. The van der Waals surface area contributed by atoms with Crippen LogP contribution < -0.4 is 11.5 Å². The fraction of sp³-hybridized carbons (Fsp3) is 0.750. The highest BCUT2D eigenvalue weighted by Gasteiger charge is 2.30. The second-order valence-electron chi connectivity index (χ2n) is 9.30. The molecule has 26 heavy (non-hydrogen) atoms. The largest absolute Gasteiger partial charge is 0.398 e. The number of hydrogen-bond donors (Lipinski definition) is 2. The number of benzene rings is 1. The van der Waals surface area contributed by atoms with Gasteiger partial charge >= 0.3 is 0 Å². The van der Waals surface area contributed by atoms with Gasteiger partial charge in [-0.2, -0.15) is 0 Å². The summed E-state index contributed by atoms with van der Waals surface area (Å²) in [5.41, 5.74) is 20.4. The van der Waals surface area contributed by atoms with Crippen LogP contribution in [-0.2, 0) is 0 Å². The Morgan fingerprint density at radius 2 is 0.962 bits per heavy atom. The Bertz CT molecular complexity index is 603. The van der Waals surface area contributed by atoms with Crippen LogP contribution in [0.4, 0.5) is 11.4 Å². The lowest BCUT2D eigenvalue weighted by Crippen LogP contribution is -2.19. The van der Waals surface area contributed by atoms with Gasteiger partial charge in [-0.1, -0.05) is 57.8 Å². The molecule has 0 amide bonds. The van der Waals surface area contributed by atoms with E-state index in [4.69, 9.17) is 11.5 Å². The van der Waals surface area contributed by atoms with E-state index in [1.165, 1.54) is 113 Å². The zero-order valence-corrected chi connectivity index (χ0v) is 16.6. The van der Waals surface area contributed by atoms with E-state index in [1.54, 1.807) is 0 Å². The maximum Gasteiger partial charge on any atom is 0.0389 e. The predicted molar refractivity (Wildman–Crippen MR) is 113 cm³/mol. The summed E-state index contributed by atoms with van der Waals surface area (Å²) in [6.07, 6.45) is 20.2. The molecule has 0 radical (unpaired) electrons. The Labute approximate surface area is 160 Å². The molecule has 2 nitrogen and oxygen atoms in total. The number of nitrogen functional groups attached to an aromatic ring is 2. The van der Waals surface area contributed by atoms with Gasteiger partial charge in [0, 0.05) is 11.4 Å². The molecule has 1 aromatic rings. The summed E-state index contributed by atoms with van der Waals surface area (Å²) in [4.78, 5) is 0. The van der Waals surface area contributed by atoms with E-state index in [9.17, 15) is 0 Å². The quantitative estimate of drug-likeness (QED) is 0.574. The maximum atomic E-state index is 6.97. The Balaban J connectivity index is 1.77. The van der Waals surface area contributed by atoms with Crippen LogP contribution >= 0.6 is 0 Å². The molecule has 0 atom stereocenters. The summed E-state index contributed by atoms with van der Waals surface area (Å²) in [7, 11) is 0. The highest BCUT2D eigenvalue weighted by atomic mass is 14.6. The molecule has 4 rings (SSSR count). The second-order valence-corrected chi connectivity index (χ2v) is 9.30. The van der Waals surface area contributed by atoms with E-state index in [0.29, 0.717) is 17.8 Å². The van der Waals surface area contributed by atoms with Gasteiger partial charge in [0.05, 0.1) is 0 Å². The van der Waals surface area contributed by atoms with Crippen molar-refractivity contribution in [3.8, 4) is 0 Å². The molecule has 1 aromatic carbocycles. The SMILES string of the molecule is Nc1cc(C2CCCCC2)c(N)c(C2CCCCC2)c1C1CCCCC1. The van der Waals surface area contributed by atoms with Gasteiger partial charge in [0.25, 0.3) is 0 Å². The van der Waals surface area contributed by atoms with Crippen molar-refractivity contribution in [2.45, 2.75) is 114 Å². The van der Waals surface area contributed by atoms with Crippen molar-refractivity contribution < 1.29 is 0 Å². The topological polar surface area (TPSA) is 52.0 Å². The van der Waals surface area contributed by atoms with Gasteiger partial charge in [0.2, 0.25) is 0 Å². The van der Waals surface area contributed by atoms with Crippen molar-refractivity contribution >= 4 is 11.4 Å². The van der Waals surface area contributed by atoms with Crippen LogP contribution in [0.2, 0.25) is 0 Å². The molecule has 3 fully saturated rings. The van der Waals surface area contributed by atoms with Crippen molar-refractivity contribution in [1.82, 2.24) is 0 Å². The first-order valence-corrected chi connectivity index (χ1v) is 11.5. The van der Waals surface area contributed by atoms with Crippen LogP contribution in [0.15, 0.2) is 6.07 Å². The normalized spacial score (nSPS) is 24.0. The third kappa shape index (κ3) is 3.62. The number of anilines is 2. The summed E-state index contributed by atoms with van der Waals surface area (Å²) >= 11 is 0. The van der Waals surface area contributed by atoms with Crippen LogP contribution in [0, 0.1) is 0 Å². The van der Waals surface area contributed by atoms with Gasteiger partial charge in [-0.05, 0) is 79.0 Å². The average Bonchev–Trinajstić information content (AvgIpc) is 2.71. The summed E-state index contributed by atoms with van der Waals surface area (Å²) in [6, 6.07) is 2.31. The highest BCUT2D eigenvalue weighted by Crippen LogP contribution is 2.49. The van der Waals surface area contributed by atoms with Gasteiger partial charge in [-0.25, -0.2) is 0 Å². The van der Waals surface area contributed by atoms with E-state index in [-0.39, 0.29) is 0 Å². The minimum atomic E-state index is 0.647. The molecular weight excluding hydrogens is 316 g/mol. The Hall–Kier alpha value is -1.18. The fourth-order valence-electron chi connectivity index (χ4n) is 6.21. The molecule has 3 aliphatic rings. The Morgan fingerprint density at radius 1 is 0.538 bits per heavy atom. The zero-order valence-electron chi connectivity index (χ0n) is 16.6. The lowest BCUT2D eigenvalue weighted by molar-refractivity contribution is 0.418. The number of hydrogen-bond acceptors (Lipinski definition) is 2. The van der Waals surface area contributed by atoms with Crippen molar-refractivity contribution in [2.24, 2.45) is 0 Å². The standard InChI is InChI=1S/C24H38N2/c25-21-16-20(17-10-4-1-5-11-17)24(26)23(19-14-8-3-9-15-19)22(21)18-12-6-2-7-13-18/h16-19H,1-15,25-26H2. The molecule has 144 valence electrons. The molecule has 0 unspecified atom stereocenters. The summed E-state index contributed by atoms with van der Waals surface area (Å²) < 4.78 is 0. The smallest absolute Gasteiger partial charge is 0.0389 e. The van der Waals surface area contributed by atoms with Crippen LogP contribution in [0.5, 0.6) is 0 Å². The van der Waals surface area contributed by atoms with Gasteiger partial charge in [0.15, 0.2) is 0 Å². The lowest BCUT2D eigenvalue weighted by atomic mass is 9.72. The first-order valence-electron chi connectivity index (χ1n) is 11.5. The van der Waals surface area contributed by atoms with E-state index in [2.05, 4.69) is 6.07 Å². The second kappa shape index (κ2) is 8.23. The van der Waals surface area contributed by atoms with Crippen LogP contribution in [0.3, 0.4) is 0 Å². The molecule has 0 bridgehead atoms. The molecule has 0 spiro atoms. The van der Waals surface area contributed by atoms with Crippen LogP contribution in [-0.4, -0.2) is 0 Å². The molecule has 0 saturated heterocycles. The molecule has 2 heteroatoms. The van der Waals surface area contributed by atoms with E-state index in [0.717, 1.165) is 11.4 Å².